The van der Waals surface area contributed by atoms with E-state index in [2.05, 4.69) is 17.6 Å². The molecule has 2 N–H and O–H groups in total. The second-order valence-electron chi connectivity index (χ2n) is 5.26. The summed E-state index contributed by atoms with van der Waals surface area (Å²) in [6.45, 7) is 2.85. The van der Waals surface area contributed by atoms with Crippen LogP contribution in [0.2, 0.25) is 5.02 Å². The molecule has 1 amide bonds. The maximum Gasteiger partial charge on any atom is 0.243 e. The van der Waals surface area contributed by atoms with Gasteiger partial charge in [0.1, 0.15) is 11.6 Å². The molecule has 0 aromatic heterocycles. The molecule has 6 heteroatoms. The van der Waals surface area contributed by atoms with Crippen molar-refractivity contribution in [1.29, 1.82) is 0 Å². The van der Waals surface area contributed by atoms with Crippen LogP contribution in [-0.4, -0.2) is 19.1 Å². The molecule has 0 aliphatic carbocycles. The van der Waals surface area contributed by atoms with Gasteiger partial charge in [-0.3, -0.25) is 4.79 Å². The van der Waals surface area contributed by atoms with Gasteiger partial charge >= 0.3 is 0 Å². The molecule has 0 aliphatic heterocycles. The lowest BCUT2D eigenvalue weighted by atomic mass is 10.3. The number of hydrogen-bond donors (Lipinski definition) is 2. The number of carbonyl (C=O) groups excluding carboxylic acids is 1. The Morgan fingerprint density at radius 1 is 1.17 bits per heavy atom. The molecule has 0 aliphatic rings. The Morgan fingerprint density at radius 3 is 2.54 bits per heavy atom. The summed E-state index contributed by atoms with van der Waals surface area (Å²) in [6.07, 6.45) is 2.10. The summed E-state index contributed by atoms with van der Waals surface area (Å²) in [4.78, 5) is 11.9. The van der Waals surface area contributed by atoms with Crippen molar-refractivity contribution in [3.05, 3.63) is 53.3 Å². The number of amides is 1. The molecule has 0 spiro atoms. The zero-order chi connectivity index (χ0) is 17.4. The fourth-order valence-electron chi connectivity index (χ4n) is 1.96. The van der Waals surface area contributed by atoms with E-state index in [4.69, 9.17) is 16.3 Å². The summed E-state index contributed by atoms with van der Waals surface area (Å²) in [6, 6.07) is 11.4. The Kier molecular flexibility index (Phi) is 6.88. The van der Waals surface area contributed by atoms with E-state index >= 15 is 0 Å². The first-order valence-electron chi connectivity index (χ1n) is 7.80. The molecule has 0 fully saturated rings. The largest absolute Gasteiger partial charge is 0.494 e. The molecule has 128 valence electrons. The average Bonchev–Trinajstić information content (AvgIpc) is 2.58. The number of halogens is 2. The number of ether oxygens (including phenoxy) is 1. The smallest absolute Gasteiger partial charge is 0.243 e. The van der Waals surface area contributed by atoms with Crippen molar-refractivity contribution in [2.75, 3.05) is 23.8 Å². The molecule has 24 heavy (non-hydrogen) atoms. The third-order valence-electron chi connectivity index (χ3n) is 3.28. The van der Waals surface area contributed by atoms with Crippen LogP contribution >= 0.6 is 11.6 Å². The normalized spacial score (nSPS) is 10.3. The first-order valence-corrected chi connectivity index (χ1v) is 8.18. The Balaban J connectivity index is 1.80. The number of benzene rings is 2. The fourth-order valence-corrected chi connectivity index (χ4v) is 2.14. The Labute approximate surface area is 146 Å². The van der Waals surface area contributed by atoms with Crippen molar-refractivity contribution in [3.63, 3.8) is 0 Å². The zero-order valence-corrected chi connectivity index (χ0v) is 14.2. The van der Waals surface area contributed by atoms with Crippen LogP contribution in [0.15, 0.2) is 42.5 Å². The van der Waals surface area contributed by atoms with Gasteiger partial charge in [-0.15, -0.1) is 0 Å². The quantitative estimate of drug-likeness (QED) is 0.678. The second-order valence-corrected chi connectivity index (χ2v) is 5.66. The highest BCUT2D eigenvalue weighted by atomic mass is 35.5. The van der Waals surface area contributed by atoms with Gasteiger partial charge in [0.2, 0.25) is 5.91 Å². The first kappa shape index (κ1) is 18.1. The topological polar surface area (TPSA) is 50.4 Å². The molecule has 0 bridgehead atoms. The van der Waals surface area contributed by atoms with Gasteiger partial charge < -0.3 is 15.4 Å². The van der Waals surface area contributed by atoms with E-state index in [9.17, 15) is 9.18 Å². The minimum Gasteiger partial charge on any atom is -0.494 e. The molecule has 2 aromatic carbocycles. The van der Waals surface area contributed by atoms with Crippen LogP contribution in [-0.2, 0) is 4.79 Å². The van der Waals surface area contributed by atoms with Crippen LogP contribution in [0.4, 0.5) is 15.8 Å². The van der Waals surface area contributed by atoms with Crippen LogP contribution < -0.4 is 15.4 Å². The van der Waals surface area contributed by atoms with E-state index in [1.54, 1.807) is 12.1 Å². The van der Waals surface area contributed by atoms with Gasteiger partial charge in [-0.2, -0.15) is 0 Å². The van der Waals surface area contributed by atoms with Crippen molar-refractivity contribution in [1.82, 2.24) is 0 Å². The molecular weight excluding hydrogens is 331 g/mol. The number of hydrogen-bond acceptors (Lipinski definition) is 3. The van der Waals surface area contributed by atoms with E-state index in [-0.39, 0.29) is 17.5 Å². The van der Waals surface area contributed by atoms with E-state index in [0.29, 0.717) is 18.0 Å². The van der Waals surface area contributed by atoms with Gasteiger partial charge in [0.05, 0.1) is 18.2 Å². The standard InChI is InChI=1S/C18H20ClFN2O2/c1-2-3-10-24-15-7-4-13(5-8-15)22-18(23)12-21-14-6-9-17(20)16(19)11-14/h4-9,11,21H,2-3,10,12H2,1H3,(H,22,23). The molecule has 0 saturated heterocycles. The summed E-state index contributed by atoms with van der Waals surface area (Å²) in [5.41, 5.74) is 1.26. The summed E-state index contributed by atoms with van der Waals surface area (Å²) < 4.78 is 18.6. The lowest BCUT2D eigenvalue weighted by Crippen LogP contribution is -2.21. The molecule has 0 radical (unpaired) electrons. The molecule has 2 aromatic rings. The van der Waals surface area contributed by atoms with Crippen molar-refractivity contribution in [2.24, 2.45) is 0 Å². The molecular formula is C18H20ClFN2O2. The van der Waals surface area contributed by atoms with Gasteiger partial charge in [-0.05, 0) is 48.9 Å². The minimum absolute atomic E-state index is 0.0130. The number of nitrogens with one attached hydrogen (secondary N) is 2. The lowest BCUT2D eigenvalue weighted by molar-refractivity contribution is -0.114. The minimum atomic E-state index is -0.493. The van der Waals surface area contributed by atoms with Crippen LogP contribution in [0.5, 0.6) is 5.75 Å². The van der Waals surface area contributed by atoms with Crippen molar-refractivity contribution in [3.8, 4) is 5.75 Å². The van der Waals surface area contributed by atoms with Gasteiger partial charge in [0, 0.05) is 11.4 Å². The highest BCUT2D eigenvalue weighted by Gasteiger charge is 2.05. The predicted molar refractivity (Wildman–Crippen MR) is 95.4 cm³/mol. The number of unbranched alkanes of at least 4 members (excludes halogenated alkanes) is 1. The fraction of sp³-hybridized carbons (Fsp3) is 0.278. The SMILES string of the molecule is CCCCOc1ccc(NC(=O)CNc2ccc(F)c(Cl)c2)cc1. The second kappa shape index (κ2) is 9.13. The molecule has 0 saturated carbocycles. The maximum atomic E-state index is 13.1. The van der Waals surface area contributed by atoms with Crippen molar-refractivity contribution < 1.29 is 13.9 Å². The summed E-state index contributed by atoms with van der Waals surface area (Å²) >= 11 is 5.69. The highest BCUT2D eigenvalue weighted by Crippen LogP contribution is 2.19. The molecule has 0 atom stereocenters. The molecule has 2 rings (SSSR count). The Morgan fingerprint density at radius 2 is 1.88 bits per heavy atom. The van der Waals surface area contributed by atoms with Crippen LogP contribution in [0.25, 0.3) is 0 Å². The maximum absolute atomic E-state index is 13.1. The number of anilines is 2. The van der Waals surface area contributed by atoms with Gasteiger partial charge in [0.15, 0.2) is 0 Å². The summed E-state index contributed by atoms with van der Waals surface area (Å²) in [5, 5.41) is 5.67. The highest BCUT2D eigenvalue weighted by molar-refractivity contribution is 6.31. The number of rotatable bonds is 8. The third kappa shape index (κ3) is 5.74. The average molecular weight is 351 g/mol. The van der Waals surface area contributed by atoms with E-state index in [1.807, 2.05) is 12.1 Å². The lowest BCUT2D eigenvalue weighted by Gasteiger charge is -2.09. The Bertz CT molecular complexity index is 677. The van der Waals surface area contributed by atoms with Crippen LogP contribution in [0.1, 0.15) is 19.8 Å². The predicted octanol–water partition coefficient (Wildman–Crippen LogP) is 4.71. The molecule has 0 heterocycles. The van der Waals surface area contributed by atoms with Gasteiger partial charge in [-0.25, -0.2) is 4.39 Å². The zero-order valence-electron chi connectivity index (χ0n) is 13.4. The third-order valence-corrected chi connectivity index (χ3v) is 3.57. The van der Waals surface area contributed by atoms with E-state index in [1.165, 1.54) is 18.2 Å². The first-order chi connectivity index (χ1) is 11.6. The summed E-state index contributed by atoms with van der Waals surface area (Å²) in [5.74, 6) is 0.0727. The van der Waals surface area contributed by atoms with Gasteiger partial charge in [-0.1, -0.05) is 24.9 Å². The van der Waals surface area contributed by atoms with Gasteiger partial charge in [0.25, 0.3) is 0 Å². The van der Waals surface area contributed by atoms with Crippen LogP contribution in [0.3, 0.4) is 0 Å². The van der Waals surface area contributed by atoms with E-state index < -0.39 is 5.82 Å². The Hall–Kier alpha value is -2.27. The van der Waals surface area contributed by atoms with Crippen LogP contribution in [0, 0.1) is 5.82 Å². The number of carbonyl (C=O) groups is 1. The van der Waals surface area contributed by atoms with Crippen molar-refractivity contribution in [2.45, 2.75) is 19.8 Å². The summed E-state index contributed by atoms with van der Waals surface area (Å²) in [7, 11) is 0. The molecule has 0 unspecified atom stereocenters. The monoisotopic (exact) mass is 350 g/mol. The van der Waals surface area contributed by atoms with E-state index in [0.717, 1.165) is 18.6 Å². The van der Waals surface area contributed by atoms with Crippen molar-refractivity contribution >= 4 is 28.9 Å². The molecule has 4 nitrogen and oxygen atoms in total.